The van der Waals surface area contributed by atoms with Crippen molar-refractivity contribution in [3.05, 3.63) is 74.9 Å². The molecule has 0 aliphatic carbocycles. The highest BCUT2D eigenvalue weighted by Gasteiger charge is 2.11. The molecular formula is C17H16ClN5O2. The van der Waals surface area contributed by atoms with Gasteiger partial charge in [-0.3, -0.25) is 20.0 Å². The Kier molecular flexibility index (Phi) is 4.95. The molecule has 0 radical (unpaired) electrons. The van der Waals surface area contributed by atoms with Crippen molar-refractivity contribution in [3.63, 3.8) is 0 Å². The predicted octanol–water partition coefficient (Wildman–Crippen LogP) is 2.48. The van der Waals surface area contributed by atoms with Crippen LogP contribution in [0.2, 0.25) is 5.02 Å². The quantitative estimate of drug-likeness (QED) is 0.733. The lowest BCUT2D eigenvalue weighted by Gasteiger charge is -2.09. The van der Waals surface area contributed by atoms with E-state index in [0.29, 0.717) is 22.8 Å². The minimum atomic E-state index is -0.394. The Morgan fingerprint density at radius 1 is 1.28 bits per heavy atom. The molecule has 2 aromatic heterocycles. The van der Waals surface area contributed by atoms with Gasteiger partial charge < -0.3 is 4.57 Å². The molecule has 8 heteroatoms. The van der Waals surface area contributed by atoms with E-state index in [1.165, 1.54) is 22.9 Å². The van der Waals surface area contributed by atoms with Gasteiger partial charge in [-0.15, -0.1) is 5.10 Å². The number of carbonyl (C=O) groups excluding carboxylic acids is 1. The molecule has 0 atom stereocenters. The van der Waals surface area contributed by atoms with Gasteiger partial charge in [0.1, 0.15) is 5.82 Å². The van der Waals surface area contributed by atoms with Crippen molar-refractivity contribution in [1.29, 1.82) is 0 Å². The molecule has 0 spiro atoms. The number of hydrogen-bond donors (Lipinski definition) is 2. The van der Waals surface area contributed by atoms with Crippen LogP contribution in [0.4, 0.5) is 5.95 Å². The highest BCUT2D eigenvalue weighted by molar-refractivity contribution is 6.31. The van der Waals surface area contributed by atoms with E-state index in [-0.39, 0.29) is 18.1 Å². The molecule has 7 nitrogen and oxygen atoms in total. The van der Waals surface area contributed by atoms with Gasteiger partial charge in [0.25, 0.3) is 11.5 Å². The van der Waals surface area contributed by atoms with Crippen LogP contribution in [0.5, 0.6) is 0 Å². The van der Waals surface area contributed by atoms with Crippen molar-refractivity contribution in [2.75, 3.05) is 5.32 Å². The van der Waals surface area contributed by atoms with Gasteiger partial charge in [-0.2, -0.15) is 4.98 Å². The fraction of sp³-hybridized carbons (Fsp3) is 0.176. The third-order valence-electron chi connectivity index (χ3n) is 3.64. The molecular weight excluding hydrogens is 342 g/mol. The normalized spacial score (nSPS) is 10.6. The zero-order valence-corrected chi connectivity index (χ0v) is 14.2. The molecule has 2 N–H and O–H groups in total. The molecule has 128 valence electrons. The number of halogens is 1. The summed E-state index contributed by atoms with van der Waals surface area (Å²) < 4.78 is 1.44. The van der Waals surface area contributed by atoms with Crippen LogP contribution in [0.3, 0.4) is 0 Å². The fourth-order valence-corrected chi connectivity index (χ4v) is 2.48. The summed E-state index contributed by atoms with van der Waals surface area (Å²) in [5.74, 6) is 0.485. The van der Waals surface area contributed by atoms with Crippen LogP contribution >= 0.6 is 11.6 Å². The number of hydrogen-bond acceptors (Lipinski definition) is 4. The standard InChI is InChI=1S/C17H16ClN5O2/c1-2-14-19-17(22-21-14)20-16(25)12-7-8-15(24)23(10-12)9-11-5-3-4-6-13(11)18/h3-8,10H,2,9H2,1H3,(H2,19,20,21,22,25). The minimum absolute atomic E-state index is 0.200. The lowest BCUT2D eigenvalue weighted by atomic mass is 10.2. The summed E-state index contributed by atoms with van der Waals surface area (Å²) >= 11 is 6.14. The molecule has 0 aliphatic heterocycles. The van der Waals surface area contributed by atoms with E-state index in [0.717, 1.165) is 5.56 Å². The number of H-pyrrole nitrogens is 1. The van der Waals surface area contributed by atoms with Crippen LogP contribution in [0.15, 0.2) is 47.4 Å². The van der Waals surface area contributed by atoms with E-state index in [1.54, 1.807) is 6.07 Å². The number of benzene rings is 1. The summed E-state index contributed by atoms with van der Waals surface area (Å²) in [7, 11) is 0. The van der Waals surface area contributed by atoms with Crippen LogP contribution in [0.1, 0.15) is 28.7 Å². The zero-order valence-electron chi connectivity index (χ0n) is 13.5. The first-order valence-corrected chi connectivity index (χ1v) is 8.11. The molecule has 25 heavy (non-hydrogen) atoms. The van der Waals surface area contributed by atoms with Crippen molar-refractivity contribution in [2.24, 2.45) is 0 Å². The van der Waals surface area contributed by atoms with Crippen molar-refractivity contribution in [3.8, 4) is 0 Å². The first-order valence-electron chi connectivity index (χ1n) is 7.73. The molecule has 2 heterocycles. The molecule has 0 saturated heterocycles. The highest BCUT2D eigenvalue weighted by atomic mass is 35.5. The van der Waals surface area contributed by atoms with Crippen LogP contribution in [0, 0.1) is 0 Å². The predicted molar refractivity (Wildman–Crippen MR) is 95.0 cm³/mol. The summed E-state index contributed by atoms with van der Waals surface area (Å²) in [5, 5.41) is 9.81. The molecule has 0 aliphatic rings. The maximum atomic E-state index is 12.3. The average molecular weight is 358 g/mol. The second kappa shape index (κ2) is 7.31. The molecule has 3 aromatic rings. The van der Waals surface area contributed by atoms with Crippen molar-refractivity contribution in [1.82, 2.24) is 19.7 Å². The van der Waals surface area contributed by atoms with Crippen molar-refractivity contribution >= 4 is 23.5 Å². The Balaban J connectivity index is 1.82. The first-order chi connectivity index (χ1) is 12.1. The van der Waals surface area contributed by atoms with Gasteiger partial charge in [0, 0.05) is 23.7 Å². The molecule has 0 unspecified atom stereocenters. The van der Waals surface area contributed by atoms with E-state index >= 15 is 0 Å². The highest BCUT2D eigenvalue weighted by Crippen LogP contribution is 2.15. The number of rotatable bonds is 5. The average Bonchev–Trinajstić information content (AvgIpc) is 3.06. The van der Waals surface area contributed by atoms with E-state index in [1.807, 2.05) is 25.1 Å². The summed E-state index contributed by atoms with van der Waals surface area (Å²) in [6, 6.07) is 10.1. The van der Waals surface area contributed by atoms with E-state index in [2.05, 4.69) is 20.5 Å². The fourth-order valence-electron chi connectivity index (χ4n) is 2.28. The maximum Gasteiger partial charge on any atom is 0.259 e. The van der Waals surface area contributed by atoms with Gasteiger partial charge in [0.05, 0.1) is 12.1 Å². The minimum Gasteiger partial charge on any atom is -0.310 e. The Morgan fingerprint density at radius 3 is 2.80 bits per heavy atom. The van der Waals surface area contributed by atoms with E-state index in [4.69, 9.17) is 11.6 Å². The number of carbonyl (C=O) groups is 1. The largest absolute Gasteiger partial charge is 0.310 e. The van der Waals surface area contributed by atoms with Gasteiger partial charge in [0.15, 0.2) is 0 Å². The second-order valence-electron chi connectivity index (χ2n) is 5.39. The third kappa shape index (κ3) is 3.95. The molecule has 1 amide bonds. The van der Waals surface area contributed by atoms with E-state index < -0.39 is 5.91 Å². The number of nitrogens with zero attached hydrogens (tertiary/aromatic N) is 3. The van der Waals surface area contributed by atoms with Gasteiger partial charge in [-0.25, -0.2) is 0 Å². The van der Waals surface area contributed by atoms with Gasteiger partial charge >= 0.3 is 0 Å². The van der Waals surface area contributed by atoms with Gasteiger partial charge in [0.2, 0.25) is 5.95 Å². The number of amides is 1. The SMILES string of the molecule is CCc1nc(NC(=O)c2ccc(=O)n(Cc3ccccc3Cl)c2)n[nH]1. The lowest BCUT2D eigenvalue weighted by molar-refractivity contribution is 0.102. The van der Waals surface area contributed by atoms with Crippen LogP contribution < -0.4 is 10.9 Å². The first kappa shape index (κ1) is 16.9. The number of nitrogens with one attached hydrogen (secondary N) is 2. The number of anilines is 1. The Hall–Kier alpha value is -2.93. The molecule has 1 aromatic carbocycles. The maximum absolute atomic E-state index is 12.3. The topological polar surface area (TPSA) is 92.7 Å². The number of aromatic amines is 1. The Bertz CT molecular complexity index is 963. The van der Waals surface area contributed by atoms with Gasteiger partial charge in [-0.05, 0) is 17.7 Å². The Labute approximate surface area is 148 Å². The summed E-state index contributed by atoms with van der Waals surface area (Å²) in [4.78, 5) is 28.5. The molecule has 0 bridgehead atoms. The number of aryl methyl sites for hydroxylation is 1. The number of pyridine rings is 1. The van der Waals surface area contributed by atoms with Crippen molar-refractivity contribution in [2.45, 2.75) is 19.9 Å². The monoisotopic (exact) mass is 357 g/mol. The van der Waals surface area contributed by atoms with Crippen LogP contribution in [-0.2, 0) is 13.0 Å². The van der Waals surface area contributed by atoms with Gasteiger partial charge in [-0.1, -0.05) is 36.7 Å². The third-order valence-corrected chi connectivity index (χ3v) is 4.00. The molecule has 3 rings (SSSR count). The lowest BCUT2D eigenvalue weighted by Crippen LogP contribution is -2.23. The van der Waals surface area contributed by atoms with Crippen molar-refractivity contribution < 1.29 is 4.79 Å². The molecule has 0 saturated carbocycles. The van der Waals surface area contributed by atoms with E-state index in [9.17, 15) is 9.59 Å². The Morgan fingerprint density at radius 2 is 2.08 bits per heavy atom. The smallest absolute Gasteiger partial charge is 0.259 e. The summed E-state index contributed by atoms with van der Waals surface area (Å²) in [5.41, 5.74) is 0.905. The second-order valence-corrected chi connectivity index (χ2v) is 5.80. The van der Waals surface area contributed by atoms with Crippen LogP contribution in [0.25, 0.3) is 0 Å². The number of aromatic nitrogens is 4. The summed E-state index contributed by atoms with van der Waals surface area (Å²) in [6.45, 7) is 2.21. The summed E-state index contributed by atoms with van der Waals surface area (Å²) in [6.07, 6.45) is 2.18. The molecule has 0 fully saturated rings. The zero-order chi connectivity index (χ0) is 17.8. The van der Waals surface area contributed by atoms with Crippen LogP contribution in [-0.4, -0.2) is 25.7 Å².